The van der Waals surface area contributed by atoms with E-state index in [0.29, 0.717) is 16.3 Å². The third kappa shape index (κ3) is 8.98. The quantitative estimate of drug-likeness (QED) is 0.188. The zero-order chi connectivity index (χ0) is 33.6. The Bertz CT molecular complexity index is 1770. The number of nitrogens with one attached hydrogen (secondary N) is 1. The first-order valence-corrected chi connectivity index (χ1v) is 17.0. The Kier molecular flexibility index (Phi) is 11.0. The molecule has 0 saturated heterocycles. The minimum atomic E-state index is -4.18. The van der Waals surface area contributed by atoms with Crippen molar-refractivity contribution in [2.45, 2.75) is 71.0 Å². The van der Waals surface area contributed by atoms with Gasteiger partial charge in [-0.05, 0) is 88.6 Å². The summed E-state index contributed by atoms with van der Waals surface area (Å²) in [6.07, 6.45) is 0.232. The van der Waals surface area contributed by atoms with E-state index >= 15 is 0 Å². The van der Waals surface area contributed by atoms with Crippen molar-refractivity contribution >= 4 is 39.1 Å². The predicted molar refractivity (Wildman–Crippen MR) is 185 cm³/mol. The largest absolute Gasteiger partial charge is 0.350 e. The molecule has 0 aromatic heterocycles. The van der Waals surface area contributed by atoms with Crippen LogP contribution < -0.4 is 9.62 Å². The summed E-state index contributed by atoms with van der Waals surface area (Å²) < 4.78 is 29.7. The summed E-state index contributed by atoms with van der Waals surface area (Å²) >= 11 is 6.17. The number of halogens is 1. The maximum atomic E-state index is 14.6. The lowest BCUT2D eigenvalue weighted by atomic mass is 10.0. The lowest BCUT2D eigenvalue weighted by Gasteiger charge is -2.35. The molecule has 242 valence electrons. The average molecular weight is 660 g/mol. The van der Waals surface area contributed by atoms with Gasteiger partial charge in [0.05, 0.1) is 10.6 Å². The fraction of sp³-hybridized carbons (Fsp3) is 0.297. The van der Waals surface area contributed by atoms with Crippen molar-refractivity contribution in [3.05, 3.63) is 130 Å². The molecule has 9 heteroatoms. The summed E-state index contributed by atoms with van der Waals surface area (Å²) in [6.45, 7) is 10.8. The van der Waals surface area contributed by atoms with Gasteiger partial charge in [0.1, 0.15) is 12.6 Å². The molecule has 1 atom stereocenters. The van der Waals surface area contributed by atoms with Crippen LogP contribution in [0.4, 0.5) is 5.69 Å². The normalized spacial score (nSPS) is 12.3. The highest BCUT2D eigenvalue weighted by Gasteiger charge is 2.36. The second-order valence-electron chi connectivity index (χ2n) is 12.7. The molecule has 46 heavy (non-hydrogen) atoms. The molecule has 0 unspecified atom stereocenters. The van der Waals surface area contributed by atoms with Gasteiger partial charge in [-0.1, -0.05) is 89.5 Å². The molecule has 0 bridgehead atoms. The number of carbonyl (C=O) groups is 2. The third-order valence-electron chi connectivity index (χ3n) is 7.54. The first-order chi connectivity index (χ1) is 21.6. The topological polar surface area (TPSA) is 86.8 Å². The third-order valence-corrected chi connectivity index (χ3v) is 9.57. The smallest absolute Gasteiger partial charge is 0.264 e. The predicted octanol–water partition coefficient (Wildman–Crippen LogP) is 7.02. The van der Waals surface area contributed by atoms with Gasteiger partial charge in [-0.15, -0.1) is 0 Å². The van der Waals surface area contributed by atoms with E-state index in [1.165, 1.54) is 4.90 Å². The number of benzene rings is 4. The van der Waals surface area contributed by atoms with Crippen molar-refractivity contribution < 1.29 is 18.0 Å². The molecule has 0 aliphatic carbocycles. The van der Waals surface area contributed by atoms with Gasteiger partial charge in [-0.2, -0.15) is 0 Å². The summed E-state index contributed by atoms with van der Waals surface area (Å²) in [7, 11) is -4.18. The van der Waals surface area contributed by atoms with Crippen molar-refractivity contribution in [2.75, 3.05) is 10.8 Å². The van der Waals surface area contributed by atoms with E-state index < -0.39 is 34.1 Å². The first kappa shape index (κ1) is 34.7. The number of carbonyl (C=O) groups excluding carboxylic acids is 2. The van der Waals surface area contributed by atoms with Gasteiger partial charge in [-0.3, -0.25) is 13.9 Å². The number of hydrogen-bond acceptors (Lipinski definition) is 4. The Morgan fingerprint density at radius 1 is 0.804 bits per heavy atom. The molecule has 4 rings (SSSR count). The van der Waals surface area contributed by atoms with Gasteiger partial charge in [0.15, 0.2) is 0 Å². The number of nitrogens with zero attached hydrogens (tertiary/aromatic N) is 2. The lowest BCUT2D eigenvalue weighted by Crippen LogP contribution is -2.56. The van der Waals surface area contributed by atoms with E-state index in [9.17, 15) is 18.0 Å². The summed E-state index contributed by atoms with van der Waals surface area (Å²) in [6, 6.07) is 27.6. The standard InChI is InChI=1S/C37H42ClN3O4S/c1-26-12-19-32(20-13-26)46(44,45)41(33-21-14-27(2)22-28(33)3)25-35(42)40(24-30-15-17-31(38)18-16-30)34(36(43)39-37(4,5)6)23-29-10-8-7-9-11-29/h7-22,34H,23-25H2,1-6H3,(H,39,43)/t34-/m0/s1. The second-order valence-corrected chi connectivity index (χ2v) is 15.0. The Morgan fingerprint density at radius 3 is 2.00 bits per heavy atom. The minimum absolute atomic E-state index is 0.0658. The number of sulfonamides is 1. The molecule has 0 aliphatic rings. The van der Waals surface area contributed by atoms with Crippen molar-refractivity contribution in [1.29, 1.82) is 0 Å². The van der Waals surface area contributed by atoms with Crippen molar-refractivity contribution in [3.8, 4) is 0 Å². The van der Waals surface area contributed by atoms with Crippen LogP contribution in [0.1, 0.15) is 48.6 Å². The summed E-state index contributed by atoms with van der Waals surface area (Å²) in [5.41, 5.74) is 4.02. The highest BCUT2D eigenvalue weighted by Crippen LogP contribution is 2.29. The number of aryl methyl sites for hydroxylation is 3. The van der Waals surface area contributed by atoms with Crippen molar-refractivity contribution in [3.63, 3.8) is 0 Å². The monoisotopic (exact) mass is 659 g/mol. The van der Waals surface area contributed by atoms with Crippen LogP contribution >= 0.6 is 11.6 Å². The maximum absolute atomic E-state index is 14.6. The molecule has 2 amide bonds. The molecule has 0 spiro atoms. The van der Waals surface area contributed by atoms with Crippen LogP contribution in [0.2, 0.25) is 5.02 Å². The van der Waals surface area contributed by atoms with E-state index in [0.717, 1.165) is 26.6 Å². The fourth-order valence-electron chi connectivity index (χ4n) is 5.23. The molecular weight excluding hydrogens is 618 g/mol. The number of anilines is 1. The number of rotatable bonds is 11. The summed E-state index contributed by atoms with van der Waals surface area (Å²) in [4.78, 5) is 30.2. The van der Waals surface area contributed by atoms with Crippen molar-refractivity contribution in [1.82, 2.24) is 10.2 Å². The van der Waals surface area contributed by atoms with Crippen LogP contribution in [0.25, 0.3) is 0 Å². The Balaban J connectivity index is 1.84. The van der Waals surface area contributed by atoms with E-state index in [4.69, 9.17) is 11.6 Å². The summed E-state index contributed by atoms with van der Waals surface area (Å²) in [5, 5.41) is 3.59. The second kappa shape index (κ2) is 14.5. The zero-order valence-electron chi connectivity index (χ0n) is 27.2. The Labute approximate surface area is 278 Å². The molecule has 7 nitrogen and oxygen atoms in total. The zero-order valence-corrected chi connectivity index (χ0v) is 28.8. The number of hydrogen-bond donors (Lipinski definition) is 1. The van der Waals surface area contributed by atoms with Gasteiger partial charge < -0.3 is 10.2 Å². The van der Waals surface area contributed by atoms with Crippen LogP contribution in [0.15, 0.2) is 102 Å². The Morgan fingerprint density at radius 2 is 1.41 bits per heavy atom. The SMILES string of the molecule is Cc1ccc(S(=O)(=O)N(CC(=O)N(Cc2ccc(Cl)cc2)[C@@H](Cc2ccccc2)C(=O)NC(C)(C)C)c2ccc(C)cc2C)cc1. The van der Waals surface area contributed by atoms with E-state index in [1.54, 1.807) is 54.6 Å². The van der Waals surface area contributed by atoms with Crippen molar-refractivity contribution in [2.24, 2.45) is 0 Å². The van der Waals surface area contributed by atoms with Crippen LogP contribution in [0.5, 0.6) is 0 Å². The van der Waals surface area contributed by atoms with E-state index in [-0.39, 0.29) is 23.8 Å². The highest BCUT2D eigenvalue weighted by molar-refractivity contribution is 7.92. The van der Waals surface area contributed by atoms with Crippen LogP contribution in [-0.2, 0) is 32.6 Å². The first-order valence-electron chi connectivity index (χ1n) is 15.2. The van der Waals surface area contributed by atoms with Gasteiger partial charge in [-0.25, -0.2) is 8.42 Å². The molecule has 4 aromatic rings. The minimum Gasteiger partial charge on any atom is -0.350 e. The molecule has 0 radical (unpaired) electrons. The van der Waals surface area contributed by atoms with Gasteiger partial charge in [0.2, 0.25) is 11.8 Å². The lowest BCUT2D eigenvalue weighted by molar-refractivity contribution is -0.140. The molecule has 0 saturated carbocycles. The highest BCUT2D eigenvalue weighted by atomic mass is 35.5. The molecule has 0 fully saturated rings. The Hall–Kier alpha value is -4.14. The van der Waals surface area contributed by atoms with Gasteiger partial charge in [0, 0.05) is 23.5 Å². The molecule has 1 N–H and O–H groups in total. The number of amides is 2. The maximum Gasteiger partial charge on any atom is 0.264 e. The molecule has 0 aliphatic heterocycles. The molecule has 4 aromatic carbocycles. The van der Waals surface area contributed by atoms with Crippen LogP contribution in [0.3, 0.4) is 0 Å². The van der Waals surface area contributed by atoms with Gasteiger partial charge >= 0.3 is 0 Å². The van der Waals surface area contributed by atoms with E-state index in [1.807, 2.05) is 84.0 Å². The fourth-order valence-corrected chi connectivity index (χ4v) is 6.83. The molecular formula is C37H42ClN3O4S. The average Bonchev–Trinajstić information content (AvgIpc) is 2.98. The van der Waals surface area contributed by atoms with Crippen LogP contribution in [0, 0.1) is 20.8 Å². The summed E-state index contributed by atoms with van der Waals surface area (Å²) in [5.74, 6) is -0.853. The van der Waals surface area contributed by atoms with Gasteiger partial charge in [0.25, 0.3) is 10.0 Å². The molecule has 0 heterocycles. The van der Waals surface area contributed by atoms with E-state index in [2.05, 4.69) is 5.32 Å². The van der Waals surface area contributed by atoms with Crippen LogP contribution in [-0.4, -0.2) is 43.3 Å².